The van der Waals surface area contributed by atoms with E-state index >= 15 is 0 Å². The van der Waals surface area contributed by atoms with Crippen molar-refractivity contribution in [1.82, 2.24) is 4.98 Å². The summed E-state index contributed by atoms with van der Waals surface area (Å²) in [6.45, 7) is 3.13. The summed E-state index contributed by atoms with van der Waals surface area (Å²) in [7, 11) is 0. The average Bonchev–Trinajstić information content (AvgIpc) is 2.88. The minimum atomic E-state index is -0.435. The fraction of sp³-hybridized carbons (Fsp3) is 0.250. The molecule has 0 spiro atoms. The fourth-order valence-electron chi connectivity index (χ4n) is 1.72. The maximum atomic E-state index is 11.1. The van der Waals surface area contributed by atoms with Crippen LogP contribution in [0.4, 0.5) is 11.5 Å². The van der Waals surface area contributed by atoms with E-state index < -0.39 is 4.92 Å². The van der Waals surface area contributed by atoms with Gasteiger partial charge in [-0.3, -0.25) is 10.1 Å². The van der Waals surface area contributed by atoms with Crippen molar-refractivity contribution in [3.63, 3.8) is 0 Å². The molecule has 0 radical (unpaired) electrons. The zero-order valence-electron chi connectivity index (χ0n) is 10.2. The predicted octanol–water partition coefficient (Wildman–Crippen LogP) is 3.73. The summed E-state index contributed by atoms with van der Waals surface area (Å²) in [6, 6.07) is 6.77. The normalized spacial score (nSPS) is 10.4. The van der Waals surface area contributed by atoms with Crippen molar-refractivity contribution >= 4 is 34.4 Å². The molecule has 0 N–H and O–H groups in total. The summed E-state index contributed by atoms with van der Waals surface area (Å²) in [5, 5.41) is 13.3. The Labute approximate surface area is 119 Å². The Morgan fingerprint density at radius 2 is 2.26 bits per heavy atom. The number of hydrogen-bond acceptors (Lipinski definition) is 5. The van der Waals surface area contributed by atoms with Crippen LogP contribution in [0, 0.1) is 10.1 Å². The van der Waals surface area contributed by atoms with Gasteiger partial charge >= 0.3 is 5.69 Å². The van der Waals surface area contributed by atoms with Gasteiger partial charge in [-0.25, -0.2) is 4.98 Å². The van der Waals surface area contributed by atoms with Gasteiger partial charge in [-0.05, 0) is 24.4 Å². The van der Waals surface area contributed by atoms with Crippen LogP contribution in [0.1, 0.15) is 11.8 Å². The number of nitrogens with zero attached hydrogens (tertiary/aromatic N) is 3. The predicted molar refractivity (Wildman–Crippen MR) is 76.9 cm³/mol. The topological polar surface area (TPSA) is 59.3 Å². The van der Waals surface area contributed by atoms with Crippen molar-refractivity contribution in [2.75, 3.05) is 11.4 Å². The van der Waals surface area contributed by atoms with Crippen molar-refractivity contribution in [2.45, 2.75) is 13.5 Å². The summed E-state index contributed by atoms with van der Waals surface area (Å²) in [6.07, 6.45) is 0. The molecule has 2 aromatic heterocycles. The molecule has 100 valence electrons. The van der Waals surface area contributed by atoms with Gasteiger partial charge in [0.15, 0.2) is 0 Å². The van der Waals surface area contributed by atoms with Crippen molar-refractivity contribution < 1.29 is 4.92 Å². The van der Waals surface area contributed by atoms with Gasteiger partial charge in [0, 0.05) is 17.5 Å². The number of halogens is 1. The highest BCUT2D eigenvalue weighted by atomic mass is 35.5. The maximum Gasteiger partial charge on any atom is 0.311 e. The molecule has 0 bridgehead atoms. The summed E-state index contributed by atoms with van der Waals surface area (Å²) >= 11 is 7.45. The molecule has 0 fully saturated rings. The Hall–Kier alpha value is -1.66. The van der Waals surface area contributed by atoms with Gasteiger partial charge in [0.2, 0.25) is 5.82 Å². The molecule has 0 aliphatic carbocycles. The standard InChI is InChI=1S/C12H12ClN3O2S/c1-2-15(8-9-4-3-7-19-9)12-10(16(17)18)5-6-11(13)14-12/h3-7H,2,8H2,1H3. The first-order valence-corrected chi connectivity index (χ1v) is 6.96. The zero-order chi connectivity index (χ0) is 13.8. The highest BCUT2D eigenvalue weighted by Crippen LogP contribution is 2.29. The number of aromatic nitrogens is 1. The van der Waals surface area contributed by atoms with E-state index in [0.29, 0.717) is 18.9 Å². The molecule has 5 nitrogen and oxygen atoms in total. The molecule has 0 atom stereocenters. The third kappa shape index (κ3) is 3.21. The van der Waals surface area contributed by atoms with Gasteiger partial charge in [-0.2, -0.15) is 0 Å². The molecule has 19 heavy (non-hydrogen) atoms. The van der Waals surface area contributed by atoms with E-state index in [4.69, 9.17) is 11.6 Å². The SMILES string of the molecule is CCN(Cc1cccs1)c1nc(Cl)ccc1[N+](=O)[O-]. The van der Waals surface area contributed by atoms with E-state index in [2.05, 4.69) is 4.98 Å². The summed E-state index contributed by atoms with van der Waals surface area (Å²) in [4.78, 5) is 17.7. The molecule has 0 unspecified atom stereocenters. The lowest BCUT2D eigenvalue weighted by atomic mass is 10.3. The van der Waals surface area contributed by atoms with E-state index in [1.54, 1.807) is 11.3 Å². The molecule has 2 aromatic rings. The van der Waals surface area contributed by atoms with E-state index in [0.717, 1.165) is 4.88 Å². The Balaban J connectivity index is 2.36. The maximum absolute atomic E-state index is 11.1. The van der Waals surface area contributed by atoms with Crippen LogP contribution >= 0.6 is 22.9 Å². The highest BCUT2D eigenvalue weighted by Gasteiger charge is 2.21. The summed E-state index contributed by atoms with van der Waals surface area (Å²) < 4.78 is 0. The van der Waals surface area contributed by atoms with E-state index in [9.17, 15) is 10.1 Å². The first-order chi connectivity index (χ1) is 9.11. The van der Waals surface area contributed by atoms with Crippen molar-refractivity contribution in [3.8, 4) is 0 Å². The quantitative estimate of drug-likeness (QED) is 0.479. The smallest absolute Gasteiger partial charge is 0.311 e. The van der Waals surface area contributed by atoms with Crippen LogP contribution in [-0.4, -0.2) is 16.5 Å². The average molecular weight is 298 g/mol. The molecule has 2 rings (SSSR count). The second kappa shape index (κ2) is 5.99. The Kier molecular flexibility index (Phi) is 4.34. The zero-order valence-corrected chi connectivity index (χ0v) is 11.8. The molecule has 0 aliphatic rings. The van der Waals surface area contributed by atoms with Gasteiger partial charge in [0.25, 0.3) is 0 Å². The Bertz CT molecular complexity index is 574. The largest absolute Gasteiger partial charge is 0.346 e. The number of thiophene rings is 1. The van der Waals surface area contributed by atoms with E-state index in [1.165, 1.54) is 12.1 Å². The summed E-state index contributed by atoms with van der Waals surface area (Å²) in [5.74, 6) is 0.313. The number of nitro groups is 1. The molecule has 0 saturated carbocycles. The number of anilines is 1. The van der Waals surface area contributed by atoms with Crippen LogP contribution in [0.5, 0.6) is 0 Å². The van der Waals surface area contributed by atoms with Crippen LogP contribution in [0.3, 0.4) is 0 Å². The summed E-state index contributed by atoms with van der Waals surface area (Å²) in [5.41, 5.74) is -0.0252. The van der Waals surface area contributed by atoms with E-state index in [-0.39, 0.29) is 10.8 Å². The second-order valence-electron chi connectivity index (χ2n) is 3.83. The van der Waals surface area contributed by atoms with Crippen molar-refractivity contribution in [3.05, 3.63) is 49.8 Å². The van der Waals surface area contributed by atoms with Gasteiger partial charge < -0.3 is 4.90 Å². The molecule has 0 amide bonds. The Morgan fingerprint density at radius 3 is 2.84 bits per heavy atom. The molecule has 0 saturated heterocycles. The lowest BCUT2D eigenvalue weighted by Crippen LogP contribution is -2.23. The monoisotopic (exact) mass is 297 g/mol. The van der Waals surface area contributed by atoms with Crippen LogP contribution in [0.15, 0.2) is 29.6 Å². The highest BCUT2D eigenvalue weighted by molar-refractivity contribution is 7.09. The third-order valence-electron chi connectivity index (χ3n) is 2.63. The van der Waals surface area contributed by atoms with Crippen LogP contribution < -0.4 is 4.90 Å². The fourth-order valence-corrected chi connectivity index (χ4v) is 2.58. The minimum Gasteiger partial charge on any atom is -0.346 e. The van der Waals surface area contributed by atoms with E-state index in [1.807, 2.05) is 29.3 Å². The van der Waals surface area contributed by atoms with Crippen molar-refractivity contribution in [1.29, 1.82) is 0 Å². The van der Waals surface area contributed by atoms with Gasteiger partial charge in [-0.15, -0.1) is 11.3 Å². The minimum absolute atomic E-state index is 0.0252. The molecular formula is C12H12ClN3O2S. The lowest BCUT2D eigenvalue weighted by Gasteiger charge is -2.20. The van der Waals surface area contributed by atoms with Crippen molar-refractivity contribution in [2.24, 2.45) is 0 Å². The van der Waals surface area contributed by atoms with Gasteiger partial charge in [0.05, 0.1) is 11.5 Å². The third-order valence-corrected chi connectivity index (χ3v) is 3.70. The molecule has 0 aromatic carbocycles. The van der Waals surface area contributed by atoms with Gasteiger partial charge in [0.1, 0.15) is 5.15 Å². The molecule has 2 heterocycles. The first kappa shape index (κ1) is 13.8. The number of pyridine rings is 1. The molecule has 7 heteroatoms. The van der Waals surface area contributed by atoms with Crippen LogP contribution in [0.2, 0.25) is 5.15 Å². The Morgan fingerprint density at radius 1 is 1.47 bits per heavy atom. The lowest BCUT2D eigenvalue weighted by molar-refractivity contribution is -0.384. The van der Waals surface area contributed by atoms with Crippen LogP contribution in [-0.2, 0) is 6.54 Å². The van der Waals surface area contributed by atoms with Crippen LogP contribution in [0.25, 0.3) is 0 Å². The molecule has 0 aliphatic heterocycles. The number of rotatable bonds is 5. The second-order valence-corrected chi connectivity index (χ2v) is 5.25. The number of hydrogen-bond donors (Lipinski definition) is 0. The first-order valence-electron chi connectivity index (χ1n) is 5.70. The molecular weight excluding hydrogens is 286 g/mol. The van der Waals surface area contributed by atoms with Gasteiger partial charge in [-0.1, -0.05) is 17.7 Å².